The van der Waals surface area contributed by atoms with E-state index in [1.165, 1.54) is 0 Å². The van der Waals surface area contributed by atoms with Crippen LogP contribution in [0.5, 0.6) is 0 Å². The molecule has 0 spiro atoms. The number of pyridine rings is 1. The van der Waals surface area contributed by atoms with Crippen LogP contribution in [0.4, 0.5) is 0 Å². The van der Waals surface area contributed by atoms with E-state index in [1.54, 1.807) is 24.8 Å². The zero-order chi connectivity index (χ0) is 11.4. The van der Waals surface area contributed by atoms with Crippen LogP contribution in [0.2, 0.25) is 0 Å². The summed E-state index contributed by atoms with van der Waals surface area (Å²) in [7, 11) is 1.91. The highest BCUT2D eigenvalue weighted by atomic mass is 15.0. The quantitative estimate of drug-likeness (QED) is 0.760. The van der Waals surface area contributed by atoms with Gasteiger partial charge in [-0.2, -0.15) is 5.26 Å². The fraction of sp³-hybridized carbons (Fsp3) is 0.0833. The average molecular weight is 210 g/mol. The van der Waals surface area contributed by atoms with Gasteiger partial charge in [-0.1, -0.05) is 6.08 Å². The lowest BCUT2D eigenvalue weighted by atomic mass is 10.1. The van der Waals surface area contributed by atoms with E-state index in [1.807, 2.05) is 30.0 Å². The predicted octanol–water partition coefficient (Wildman–Crippen LogP) is 1.86. The van der Waals surface area contributed by atoms with Gasteiger partial charge in [0.15, 0.2) is 0 Å². The maximum Gasteiger partial charge on any atom is 0.101 e. The van der Waals surface area contributed by atoms with Crippen molar-refractivity contribution < 1.29 is 0 Å². The molecule has 0 saturated carbocycles. The Morgan fingerprint density at radius 1 is 1.44 bits per heavy atom. The molecule has 0 aliphatic heterocycles. The summed E-state index contributed by atoms with van der Waals surface area (Å²) < 4.78 is 1.87. The molecule has 0 N–H and O–H groups in total. The molecular weight excluding hydrogens is 200 g/mol. The topological polar surface area (TPSA) is 54.5 Å². The Morgan fingerprint density at radius 2 is 2.31 bits per heavy atom. The van der Waals surface area contributed by atoms with Crippen LogP contribution >= 0.6 is 0 Å². The molecule has 0 aliphatic carbocycles. The summed E-state index contributed by atoms with van der Waals surface area (Å²) in [5, 5.41) is 8.88. The first-order valence-electron chi connectivity index (χ1n) is 4.80. The summed E-state index contributed by atoms with van der Waals surface area (Å²) in [6.45, 7) is 0. The highest BCUT2D eigenvalue weighted by molar-refractivity contribution is 5.70. The second kappa shape index (κ2) is 4.41. The second-order valence-corrected chi connectivity index (χ2v) is 3.37. The summed E-state index contributed by atoms with van der Waals surface area (Å²) >= 11 is 0. The van der Waals surface area contributed by atoms with Gasteiger partial charge in [0.25, 0.3) is 0 Å². The minimum absolute atomic E-state index is 0.565. The van der Waals surface area contributed by atoms with Gasteiger partial charge in [0, 0.05) is 25.6 Å². The van der Waals surface area contributed by atoms with E-state index in [9.17, 15) is 0 Å². The first kappa shape index (κ1) is 10.1. The van der Waals surface area contributed by atoms with E-state index in [-0.39, 0.29) is 0 Å². The monoisotopic (exact) mass is 210 g/mol. The fourth-order valence-corrected chi connectivity index (χ4v) is 1.34. The van der Waals surface area contributed by atoms with Crippen molar-refractivity contribution >= 4 is 12.2 Å². The molecule has 0 atom stereocenters. The zero-order valence-electron chi connectivity index (χ0n) is 8.83. The third-order valence-corrected chi connectivity index (χ3v) is 2.13. The van der Waals surface area contributed by atoms with Crippen molar-refractivity contribution in [3.63, 3.8) is 0 Å². The lowest BCUT2D eigenvalue weighted by molar-refractivity contribution is 0.913. The van der Waals surface area contributed by atoms with Crippen molar-refractivity contribution in [1.82, 2.24) is 14.5 Å². The SMILES string of the molecule is Cn1cnc(/C=C/c2ccncc2C#N)c1. The number of nitrogens with zero attached hydrogens (tertiary/aromatic N) is 4. The second-order valence-electron chi connectivity index (χ2n) is 3.37. The van der Waals surface area contributed by atoms with Gasteiger partial charge in [0.05, 0.1) is 17.6 Å². The molecule has 2 rings (SSSR count). The summed E-state index contributed by atoms with van der Waals surface area (Å²) in [4.78, 5) is 8.06. The number of rotatable bonds is 2. The largest absolute Gasteiger partial charge is 0.340 e. The van der Waals surface area contributed by atoms with E-state index in [0.717, 1.165) is 11.3 Å². The number of imidazole rings is 1. The lowest BCUT2D eigenvalue weighted by Crippen LogP contribution is -1.83. The van der Waals surface area contributed by atoms with Gasteiger partial charge in [-0.3, -0.25) is 4.98 Å². The Hall–Kier alpha value is -2.41. The smallest absolute Gasteiger partial charge is 0.101 e. The minimum atomic E-state index is 0.565. The van der Waals surface area contributed by atoms with E-state index in [0.29, 0.717) is 5.56 Å². The first-order chi connectivity index (χ1) is 7.79. The summed E-state index contributed by atoms with van der Waals surface area (Å²) in [5.41, 5.74) is 2.28. The van der Waals surface area contributed by atoms with Crippen LogP contribution in [0.3, 0.4) is 0 Å². The molecule has 0 aromatic carbocycles. The number of nitriles is 1. The van der Waals surface area contributed by atoms with Crippen molar-refractivity contribution in [3.8, 4) is 6.07 Å². The summed E-state index contributed by atoms with van der Waals surface area (Å²) in [5.74, 6) is 0. The van der Waals surface area contributed by atoms with E-state index in [4.69, 9.17) is 5.26 Å². The van der Waals surface area contributed by atoms with Crippen molar-refractivity contribution in [3.05, 3.63) is 47.8 Å². The average Bonchev–Trinajstić information content (AvgIpc) is 2.73. The molecular formula is C12H10N4. The standard InChI is InChI=1S/C12H10N4/c1-16-8-12(15-9-16)3-2-10-4-5-14-7-11(10)6-13/h2-5,7-9H,1H3/b3-2+. The van der Waals surface area contributed by atoms with Crippen LogP contribution < -0.4 is 0 Å². The van der Waals surface area contributed by atoms with Crippen LogP contribution in [0.1, 0.15) is 16.8 Å². The Kier molecular flexibility index (Phi) is 2.79. The summed E-state index contributed by atoms with van der Waals surface area (Å²) in [6.07, 6.45) is 10.6. The third-order valence-electron chi connectivity index (χ3n) is 2.13. The molecule has 0 amide bonds. The minimum Gasteiger partial charge on any atom is -0.340 e. The number of hydrogen-bond acceptors (Lipinski definition) is 3. The molecule has 0 aliphatic rings. The molecule has 2 heterocycles. The van der Waals surface area contributed by atoms with Crippen molar-refractivity contribution in [2.75, 3.05) is 0 Å². The van der Waals surface area contributed by atoms with Gasteiger partial charge in [-0.05, 0) is 17.7 Å². The van der Waals surface area contributed by atoms with Gasteiger partial charge in [-0.15, -0.1) is 0 Å². The van der Waals surface area contributed by atoms with Crippen molar-refractivity contribution in [2.24, 2.45) is 7.05 Å². The molecule has 0 bridgehead atoms. The highest BCUT2D eigenvalue weighted by Crippen LogP contribution is 2.09. The molecule has 16 heavy (non-hydrogen) atoms. The fourth-order valence-electron chi connectivity index (χ4n) is 1.34. The third kappa shape index (κ3) is 2.15. The number of hydrogen-bond donors (Lipinski definition) is 0. The Morgan fingerprint density at radius 3 is 3.00 bits per heavy atom. The van der Waals surface area contributed by atoms with E-state index < -0.39 is 0 Å². The molecule has 2 aromatic rings. The van der Waals surface area contributed by atoms with Crippen LogP contribution in [0.25, 0.3) is 12.2 Å². The Balaban J connectivity index is 2.27. The maximum absolute atomic E-state index is 8.88. The molecule has 0 saturated heterocycles. The Bertz CT molecular complexity index is 560. The lowest BCUT2D eigenvalue weighted by Gasteiger charge is -1.94. The molecule has 2 aromatic heterocycles. The predicted molar refractivity (Wildman–Crippen MR) is 61.1 cm³/mol. The van der Waals surface area contributed by atoms with E-state index in [2.05, 4.69) is 16.0 Å². The number of aryl methyl sites for hydroxylation is 1. The molecule has 0 radical (unpaired) electrons. The summed E-state index contributed by atoms with van der Waals surface area (Å²) in [6, 6.07) is 3.90. The van der Waals surface area contributed by atoms with Crippen molar-refractivity contribution in [1.29, 1.82) is 5.26 Å². The van der Waals surface area contributed by atoms with Crippen molar-refractivity contribution in [2.45, 2.75) is 0 Å². The molecule has 0 fully saturated rings. The van der Waals surface area contributed by atoms with Gasteiger partial charge in [0.2, 0.25) is 0 Å². The van der Waals surface area contributed by atoms with Gasteiger partial charge in [-0.25, -0.2) is 4.98 Å². The van der Waals surface area contributed by atoms with Crippen LogP contribution in [-0.4, -0.2) is 14.5 Å². The number of aromatic nitrogens is 3. The Labute approximate surface area is 93.5 Å². The first-order valence-corrected chi connectivity index (χ1v) is 4.80. The molecule has 78 valence electrons. The molecule has 4 heteroatoms. The van der Waals surface area contributed by atoms with Gasteiger partial charge < -0.3 is 4.57 Å². The van der Waals surface area contributed by atoms with Crippen LogP contribution in [0, 0.1) is 11.3 Å². The van der Waals surface area contributed by atoms with Gasteiger partial charge in [0.1, 0.15) is 6.07 Å². The highest BCUT2D eigenvalue weighted by Gasteiger charge is 1.97. The normalized spacial score (nSPS) is 10.5. The van der Waals surface area contributed by atoms with Crippen LogP contribution in [-0.2, 0) is 7.05 Å². The molecule has 4 nitrogen and oxygen atoms in total. The zero-order valence-corrected chi connectivity index (χ0v) is 8.83. The van der Waals surface area contributed by atoms with Gasteiger partial charge >= 0.3 is 0 Å². The van der Waals surface area contributed by atoms with Crippen LogP contribution in [0.15, 0.2) is 31.0 Å². The molecule has 0 unspecified atom stereocenters. The van der Waals surface area contributed by atoms with E-state index >= 15 is 0 Å². The maximum atomic E-state index is 8.88.